The van der Waals surface area contributed by atoms with Crippen LogP contribution in [0, 0.1) is 0 Å². The summed E-state index contributed by atoms with van der Waals surface area (Å²) in [4.78, 5) is 11.7. The topological polar surface area (TPSA) is 84.6 Å². The average molecular weight is 224 g/mol. The highest BCUT2D eigenvalue weighted by molar-refractivity contribution is 5.99. The van der Waals surface area contributed by atoms with Gasteiger partial charge in [-0.15, -0.1) is 0 Å². The van der Waals surface area contributed by atoms with E-state index in [1.54, 1.807) is 25.1 Å². The second-order valence-corrected chi connectivity index (χ2v) is 3.51. The maximum Gasteiger partial charge on any atom is 0.253 e. The fourth-order valence-electron chi connectivity index (χ4n) is 1.21. The maximum absolute atomic E-state index is 11.7. The molecule has 0 radical (unpaired) electrons. The largest absolute Gasteiger partial charge is 0.497 e. The Morgan fingerprint density at radius 3 is 2.88 bits per heavy atom. The lowest BCUT2D eigenvalue weighted by molar-refractivity contribution is 0.0923. The normalized spacial score (nSPS) is 11.9. The van der Waals surface area contributed by atoms with Crippen LogP contribution in [0.5, 0.6) is 5.75 Å². The number of rotatable bonds is 4. The monoisotopic (exact) mass is 224 g/mol. The van der Waals surface area contributed by atoms with Crippen LogP contribution in [0.3, 0.4) is 0 Å². The zero-order valence-corrected chi connectivity index (χ0v) is 9.36. The van der Waals surface area contributed by atoms with E-state index in [9.17, 15) is 4.79 Å². The van der Waals surface area contributed by atoms with Crippen molar-refractivity contribution >= 4 is 11.6 Å². The lowest BCUT2D eigenvalue weighted by atomic mass is 10.1. The number of amides is 1. The van der Waals surface area contributed by atoms with Crippen LogP contribution in [0.15, 0.2) is 18.2 Å². The Kier molecular flexibility index (Phi) is 4.13. The molecule has 4 N–H and O–H groups in total. The number of carbonyl (C=O) groups excluding carboxylic acids is 1. The molecule has 0 aliphatic heterocycles. The van der Waals surface area contributed by atoms with Crippen molar-refractivity contribution < 1.29 is 14.6 Å². The van der Waals surface area contributed by atoms with E-state index in [-0.39, 0.29) is 18.6 Å². The van der Waals surface area contributed by atoms with E-state index in [2.05, 4.69) is 5.32 Å². The number of benzene rings is 1. The van der Waals surface area contributed by atoms with Crippen molar-refractivity contribution in [3.63, 3.8) is 0 Å². The number of carbonyl (C=O) groups is 1. The molecule has 0 fully saturated rings. The summed E-state index contributed by atoms with van der Waals surface area (Å²) in [5.41, 5.74) is 6.41. The molecule has 0 saturated carbocycles. The lowest BCUT2D eigenvalue weighted by Gasteiger charge is -2.12. The minimum absolute atomic E-state index is 0.115. The molecule has 0 saturated heterocycles. The number of aliphatic hydroxyl groups is 1. The van der Waals surface area contributed by atoms with Crippen molar-refractivity contribution in [2.24, 2.45) is 0 Å². The molecule has 1 aromatic carbocycles. The zero-order chi connectivity index (χ0) is 12.1. The smallest absolute Gasteiger partial charge is 0.253 e. The second-order valence-electron chi connectivity index (χ2n) is 3.51. The number of aliphatic hydroxyl groups excluding tert-OH is 1. The van der Waals surface area contributed by atoms with Crippen molar-refractivity contribution in [3.8, 4) is 5.75 Å². The summed E-state index contributed by atoms with van der Waals surface area (Å²) in [5, 5.41) is 11.4. The Morgan fingerprint density at radius 2 is 2.31 bits per heavy atom. The summed E-state index contributed by atoms with van der Waals surface area (Å²) >= 11 is 0. The lowest BCUT2D eigenvalue weighted by Crippen LogP contribution is -2.35. The molecule has 16 heavy (non-hydrogen) atoms. The first kappa shape index (κ1) is 12.3. The fraction of sp³-hybridized carbons (Fsp3) is 0.364. The van der Waals surface area contributed by atoms with Gasteiger partial charge in [-0.25, -0.2) is 0 Å². The Balaban J connectivity index is 2.89. The van der Waals surface area contributed by atoms with E-state index >= 15 is 0 Å². The quantitative estimate of drug-likeness (QED) is 0.646. The van der Waals surface area contributed by atoms with Gasteiger partial charge >= 0.3 is 0 Å². The standard InChI is InChI=1S/C11H16N2O3/c1-7(6-14)13-11(15)9-5-8(16-2)3-4-10(9)12/h3-5,7,14H,6,12H2,1-2H3,(H,13,15)/t7-/m0/s1. The highest BCUT2D eigenvalue weighted by atomic mass is 16.5. The van der Waals surface area contributed by atoms with Crippen molar-refractivity contribution in [3.05, 3.63) is 23.8 Å². The molecule has 0 spiro atoms. The first-order valence-electron chi connectivity index (χ1n) is 4.93. The molecule has 0 aromatic heterocycles. The van der Waals surface area contributed by atoms with Gasteiger partial charge in [0.1, 0.15) is 5.75 Å². The van der Waals surface area contributed by atoms with Crippen LogP contribution in [0.2, 0.25) is 0 Å². The van der Waals surface area contributed by atoms with Crippen molar-refractivity contribution in [2.75, 3.05) is 19.5 Å². The third kappa shape index (κ3) is 2.87. The molecule has 0 unspecified atom stereocenters. The molecule has 1 amide bonds. The summed E-state index contributed by atoms with van der Waals surface area (Å²) in [6.45, 7) is 1.59. The van der Waals surface area contributed by atoms with E-state index in [4.69, 9.17) is 15.6 Å². The number of hydrogen-bond donors (Lipinski definition) is 3. The van der Waals surface area contributed by atoms with Crippen molar-refractivity contribution in [2.45, 2.75) is 13.0 Å². The number of nitrogen functional groups attached to an aromatic ring is 1. The van der Waals surface area contributed by atoms with Crippen molar-refractivity contribution in [1.82, 2.24) is 5.32 Å². The summed E-state index contributed by atoms with van der Waals surface area (Å²) < 4.78 is 5.01. The van der Waals surface area contributed by atoms with E-state index in [0.717, 1.165) is 0 Å². The molecule has 1 aromatic rings. The molecule has 0 aliphatic rings. The highest BCUT2D eigenvalue weighted by Crippen LogP contribution is 2.19. The van der Waals surface area contributed by atoms with Crippen LogP contribution in [0.4, 0.5) is 5.69 Å². The maximum atomic E-state index is 11.7. The molecule has 0 heterocycles. The van der Waals surface area contributed by atoms with Gasteiger partial charge in [0.2, 0.25) is 0 Å². The van der Waals surface area contributed by atoms with Gasteiger partial charge in [0.05, 0.1) is 19.3 Å². The SMILES string of the molecule is COc1ccc(N)c(C(=O)N[C@@H](C)CO)c1. The number of anilines is 1. The first-order valence-corrected chi connectivity index (χ1v) is 4.93. The fourth-order valence-corrected chi connectivity index (χ4v) is 1.21. The zero-order valence-electron chi connectivity index (χ0n) is 9.36. The van der Waals surface area contributed by atoms with Crippen LogP contribution in [0.25, 0.3) is 0 Å². The van der Waals surface area contributed by atoms with Gasteiger partial charge in [0.15, 0.2) is 0 Å². The minimum atomic E-state index is -0.321. The predicted octanol–water partition coefficient (Wildman–Crippen LogP) is 0.388. The summed E-state index contributed by atoms with van der Waals surface area (Å²) in [6, 6.07) is 4.55. The Morgan fingerprint density at radius 1 is 1.62 bits per heavy atom. The van der Waals surface area contributed by atoms with E-state index < -0.39 is 0 Å². The highest BCUT2D eigenvalue weighted by Gasteiger charge is 2.12. The van der Waals surface area contributed by atoms with E-state index in [1.807, 2.05) is 0 Å². The third-order valence-electron chi connectivity index (χ3n) is 2.16. The van der Waals surface area contributed by atoms with Crippen molar-refractivity contribution in [1.29, 1.82) is 0 Å². The van der Waals surface area contributed by atoms with Crippen LogP contribution in [-0.4, -0.2) is 30.8 Å². The Hall–Kier alpha value is -1.75. The van der Waals surface area contributed by atoms with Crippen LogP contribution >= 0.6 is 0 Å². The van der Waals surface area contributed by atoms with Crippen LogP contribution in [0.1, 0.15) is 17.3 Å². The molecule has 5 nitrogen and oxygen atoms in total. The van der Waals surface area contributed by atoms with Gasteiger partial charge in [-0.2, -0.15) is 0 Å². The van der Waals surface area contributed by atoms with Gasteiger partial charge in [-0.3, -0.25) is 4.79 Å². The summed E-state index contributed by atoms with van der Waals surface area (Å²) in [5.74, 6) is 0.244. The molecule has 88 valence electrons. The van der Waals surface area contributed by atoms with Gasteiger partial charge in [0, 0.05) is 11.7 Å². The van der Waals surface area contributed by atoms with E-state index in [1.165, 1.54) is 7.11 Å². The van der Waals surface area contributed by atoms with Crippen LogP contribution in [-0.2, 0) is 0 Å². The molecule has 0 bridgehead atoms. The second kappa shape index (κ2) is 5.37. The summed E-state index contributed by atoms with van der Waals surface area (Å²) in [7, 11) is 1.52. The van der Waals surface area contributed by atoms with Crippen LogP contribution < -0.4 is 15.8 Å². The number of nitrogens with two attached hydrogens (primary N) is 1. The molecule has 1 rings (SSSR count). The molecule has 0 aliphatic carbocycles. The van der Waals surface area contributed by atoms with Gasteiger partial charge in [0.25, 0.3) is 5.91 Å². The Bertz CT molecular complexity index is 379. The molecular weight excluding hydrogens is 208 g/mol. The molecular formula is C11H16N2O3. The van der Waals surface area contributed by atoms with Gasteiger partial charge < -0.3 is 20.9 Å². The molecule has 1 atom stereocenters. The average Bonchev–Trinajstić information content (AvgIpc) is 2.29. The van der Waals surface area contributed by atoms with Gasteiger partial charge in [-0.05, 0) is 25.1 Å². The van der Waals surface area contributed by atoms with E-state index in [0.29, 0.717) is 17.0 Å². The number of ether oxygens (including phenoxy) is 1. The third-order valence-corrected chi connectivity index (χ3v) is 2.16. The Labute approximate surface area is 94.2 Å². The number of nitrogens with one attached hydrogen (secondary N) is 1. The summed E-state index contributed by atoms with van der Waals surface area (Å²) in [6.07, 6.45) is 0. The number of methoxy groups -OCH3 is 1. The molecule has 5 heteroatoms. The predicted molar refractivity (Wildman–Crippen MR) is 61.4 cm³/mol. The first-order chi connectivity index (χ1) is 7.58. The van der Waals surface area contributed by atoms with Gasteiger partial charge in [-0.1, -0.05) is 0 Å². The minimum Gasteiger partial charge on any atom is -0.497 e. The number of hydrogen-bond acceptors (Lipinski definition) is 4.